The van der Waals surface area contributed by atoms with Crippen molar-refractivity contribution in [2.45, 2.75) is 156 Å². The Balaban J connectivity index is 1.24. The molecule has 12 nitrogen and oxygen atoms in total. The Morgan fingerprint density at radius 1 is 0.521 bits per heavy atom. The minimum Gasteiger partial charge on any atom is -0.465 e. The van der Waals surface area contributed by atoms with Crippen molar-refractivity contribution in [1.82, 2.24) is 0 Å². The average molecular weight is 1030 g/mol. The number of ether oxygens (including phenoxy) is 8. The molecule has 0 bridgehead atoms. The van der Waals surface area contributed by atoms with Gasteiger partial charge in [-0.25, -0.2) is 9.59 Å². The van der Waals surface area contributed by atoms with Gasteiger partial charge in [0.25, 0.3) is 0 Å². The van der Waals surface area contributed by atoms with Crippen LogP contribution in [-0.4, -0.2) is 100 Å². The van der Waals surface area contributed by atoms with Gasteiger partial charge in [-0.2, -0.15) is 43.9 Å². The number of aryl methyl sites for hydroxylation is 4. The summed E-state index contributed by atoms with van der Waals surface area (Å²) in [7, 11) is 0. The van der Waals surface area contributed by atoms with Crippen LogP contribution in [0, 0.1) is 30.1 Å². The van der Waals surface area contributed by atoms with E-state index in [9.17, 15) is 63.1 Å². The molecular formula is C49H62F10O12. The molecule has 22 heteroatoms. The largest absolute Gasteiger partial charge is 0.465 e. The van der Waals surface area contributed by atoms with Crippen molar-refractivity contribution in [2.75, 3.05) is 39.6 Å². The van der Waals surface area contributed by atoms with Crippen molar-refractivity contribution in [3.63, 3.8) is 0 Å². The molecule has 0 amide bonds. The molecule has 0 radical (unpaired) electrons. The van der Waals surface area contributed by atoms with E-state index in [1.165, 1.54) is 38.1 Å². The van der Waals surface area contributed by atoms with Crippen LogP contribution in [0.25, 0.3) is 0 Å². The Hall–Kier alpha value is -4.54. The molecule has 0 N–H and O–H groups in total. The average Bonchev–Trinajstić information content (AvgIpc) is 3.23. The summed E-state index contributed by atoms with van der Waals surface area (Å²) in [6.07, 6.45) is -14.0. The first-order valence-electron chi connectivity index (χ1n) is 22.5. The van der Waals surface area contributed by atoms with E-state index in [-0.39, 0.29) is 87.6 Å². The van der Waals surface area contributed by atoms with E-state index < -0.39 is 99.2 Å². The summed E-state index contributed by atoms with van der Waals surface area (Å²) in [5, 5.41) is 0. The first-order valence-corrected chi connectivity index (χ1v) is 22.5. The number of hydrogen-bond acceptors (Lipinski definition) is 12. The van der Waals surface area contributed by atoms with Crippen molar-refractivity contribution in [3.8, 4) is 11.5 Å². The summed E-state index contributed by atoms with van der Waals surface area (Å²) in [5.41, 5.74) is -2.47. The van der Waals surface area contributed by atoms with Crippen LogP contribution in [0.5, 0.6) is 11.5 Å². The lowest BCUT2D eigenvalue weighted by Crippen LogP contribution is -2.57. The molecule has 2 fully saturated rings. The fourth-order valence-electron chi connectivity index (χ4n) is 7.48. The van der Waals surface area contributed by atoms with Crippen LogP contribution in [-0.2, 0) is 71.3 Å². The van der Waals surface area contributed by atoms with Crippen LogP contribution in [0.1, 0.15) is 115 Å². The lowest BCUT2D eigenvalue weighted by molar-refractivity contribution is -0.337. The molecule has 0 aromatic heterocycles. The van der Waals surface area contributed by atoms with Crippen LogP contribution >= 0.6 is 0 Å². The fraction of sp³-hybridized carbons (Fsp3) is 0.673. The van der Waals surface area contributed by atoms with E-state index in [1.54, 1.807) is 69.2 Å². The second-order valence-corrected chi connectivity index (χ2v) is 21.7. The Labute approximate surface area is 405 Å². The third-order valence-electron chi connectivity index (χ3n) is 11.8. The van der Waals surface area contributed by atoms with E-state index in [4.69, 9.17) is 28.4 Å². The molecule has 2 aromatic rings. The van der Waals surface area contributed by atoms with Crippen molar-refractivity contribution in [2.24, 2.45) is 16.2 Å². The predicted molar refractivity (Wildman–Crippen MR) is 233 cm³/mol. The van der Waals surface area contributed by atoms with Crippen LogP contribution in [0.3, 0.4) is 0 Å². The van der Waals surface area contributed by atoms with Gasteiger partial charge in [0.1, 0.15) is 24.7 Å². The zero-order chi connectivity index (χ0) is 54.1. The zero-order valence-corrected chi connectivity index (χ0v) is 41.7. The Morgan fingerprint density at radius 2 is 0.817 bits per heavy atom. The molecule has 400 valence electrons. The van der Waals surface area contributed by atoms with Crippen LogP contribution in [0.2, 0.25) is 0 Å². The standard InChI is InChI=1S/C49H62F10O12/c1-27-17-29(19-31(41(3,4)5)35(27)70-37(62)46(50,51)48(54,55)56)13-15-33(60)64-21-43(9,10)39-66-23-45(24-67-39)25-68-40(69-26-45)44(11,12)22-65-34(61)16-14-30-18-28(2)36(32(20-30)42(6,7)8)71-38(63)47(52,53)49(57,58)59/h17-20,39-40H,13-16,21-26H2,1-12H3. The first kappa shape index (κ1) is 59.0. The van der Waals surface area contributed by atoms with Gasteiger partial charge in [0.15, 0.2) is 12.6 Å². The van der Waals surface area contributed by atoms with Crippen molar-refractivity contribution in [3.05, 3.63) is 57.6 Å². The molecule has 0 atom stereocenters. The van der Waals surface area contributed by atoms with Crippen molar-refractivity contribution < 1.29 is 101 Å². The van der Waals surface area contributed by atoms with E-state index in [0.29, 0.717) is 11.1 Å². The summed E-state index contributed by atoms with van der Waals surface area (Å²) < 4.78 is 177. The first-order chi connectivity index (χ1) is 32.1. The summed E-state index contributed by atoms with van der Waals surface area (Å²) in [6, 6.07) is 5.81. The maximum absolute atomic E-state index is 13.7. The third-order valence-corrected chi connectivity index (χ3v) is 11.8. The van der Waals surface area contributed by atoms with Gasteiger partial charge in [-0.15, -0.1) is 0 Å². The second kappa shape index (κ2) is 21.1. The smallest absolute Gasteiger partial charge is 0.465 e. The highest BCUT2D eigenvalue weighted by Crippen LogP contribution is 2.43. The molecular weight excluding hydrogens is 971 g/mol. The SMILES string of the molecule is Cc1cc(CCC(=O)OCC(C)(C)C2OCC3(CO2)COC(C(C)(C)COC(=O)CCc2cc(C)c(OC(=O)C(F)(F)C(F)(F)F)c(C(C)(C)C)c2)OC3)cc(C(C)(C)C)c1OC(=O)C(F)(F)C(F)(F)F. The fourth-order valence-corrected chi connectivity index (χ4v) is 7.48. The lowest BCUT2D eigenvalue weighted by atomic mass is 9.83. The van der Waals surface area contributed by atoms with Gasteiger partial charge in [0.05, 0.1) is 31.8 Å². The molecule has 2 aliphatic rings. The third kappa shape index (κ3) is 14.4. The highest BCUT2D eigenvalue weighted by Gasteiger charge is 2.66. The number of hydrogen-bond donors (Lipinski definition) is 0. The van der Waals surface area contributed by atoms with Crippen molar-refractivity contribution in [1.29, 1.82) is 0 Å². The quantitative estimate of drug-likeness (QED) is 0.0897. The molecule has 2 heterocycles. The van der Waals surface area contributed by atoms with Gasteiger partial charge in [-0.1, -0.05) is 93.5 Å². The number of esters is 4. The second-order valence-electron chi connectivity index (χ2n) is 21.7. The maximum atomic E-state index is 13.7. The van der Waals surface area contributed by atoms with Gasteiger partial charge in [-0.3, -0.25) is 9.59 Å². The number of alkyl halides is 10. The summed E-state index contributed by atoms with van der Waals surface area (Å²) in [4.78, 5) is 49.7. The van der Waals surface area contributed by atoms with Gasteiger partial charge in [-0.05, 0) is 59.8 Å². The van der Waals surface area contributed by atoms with E-state index >= 15 is 0 Å². The molecule has 4 rings (SSSR count). The van der Waals surface area contributed by atoms with Gasteiger partial charge < -0.3 is 37.9 Å². The Kier molecular flexibility index (Phi) is 17.6. The molecule has 2 aliphatic heterocycles. The minimum absolute atomic E-state index is 0.101. The van der Waals surface area contributed by atoms with Crippen LogP contribution in [0.4, 0.5) is 43.9 Å². The zero-order valence-electron chi connectivity index (χ0n) is 41.7. The summed E-state index contributed by atoms with van der Waals surface area (Å²) in [6.45, 7) is 20.2. The lowest BCUT2D eigenvalue weighted by Gasteiger charge is -2.48. The predicted octanol–water partition coefficient (Wildman–Crippen LogP) is 10.5. The molecule has 0 unspecified atom stereocenters. The maximum Gasteiger partial charge on any atom is 0.465 e. The van der Waals surface area contributed by atoms with Gasteiger partial charge in [0, 0.05) is 34.8 Å². The van der Waals surface area contributed by atoms with E-state index in [1.807, 2.05) is 0 Å². The summed E-state index contributed by atoms with van der Waals surface area (Å²) >= 11 is 0. The number of carbonyl (C=O) groups is 4. The number of carbonyl (C=O) groups excluding carboxylic acids is 4. The summed E-state index contributed by atoms with van der Waals surface area (Å²) in [5.74, 6) is -19.0. The molecule has 1 spiro atoms. The van der Waals surface area contributed by atoms with E-state index in [2.05, 4.69) is 9.47 Å². The normalized spacial score (nSPS) is 19.9. The van der Waals surface area contributed by atoms with E-state index in [0.717, 1.165) is 0 Å². The van der Waals surface area contributed by atoms with Gasteiger partial charge in [0.2, 0.25) is 0 Å². The van der Waals surface area contributed by atoms with Gasteiger partial charge >= 0.3 is 48.1 Å². The molecule has 0 aliphatic carbocycles. The highest BCUT2D eigenvalue weighted by molar-refractivity contribution is 5.82. The minimum atomic E-state index is -6.15. The number of rotatable bonds is 16. The number of halogens is 10. The Morgan fingerprint density at radius 3 is 1.08 bits per heavy atom. The topological polar surface area (TPSA) is 142 Å². The van der Waals surface area contributed by atoms with Crippen LogP contribution in [0.15, 0.2) is 24.3 Å². The molecule has 71 heavy (non-hydrogen) atoms. The number of benzene rings is 2. The van der Waals surface area contributed by atoms with Crippen LogP contribution < -0.4 is 9.47 Å². The molecule has 2 aromatic carbocycles. The molecule has 2 saturated heterocycles. The molecule has 0 saturated carbocycles. The van der Waals surface area contributed by atoms with Crippen molar-refractivity contribution >= 4 is 23.9 Å². The monoisotopic (exact) mass is 1030 g/mol. The Bertz CT molecular complexity index is 2100. The highest BCUT2D eigenvalue weighted by atomic mass is 19.4.